The summed E-state index contributed by atoms with van der Waals surface area (Å²) >= 11 is 0. The number of carbonyl (C=O) groups is 2. The molecule has 3 aromatic carbocycles. The highest BCUT2D eigenvalue weighted by Crippen LogP contribution is 2.44. The van der Waals surface area contributed by atoms with Gasteiger partial charge in [-0.3, -0.25) is 9.59 Å². The third-order valence-electron chi connectivity index (χ3n) is 7.23. The average molecular weight is 504 g/mol. The second kappa shape index (κ2) is 9.42. The van der Waals surface area contributed by atoms with E-state index < -0.39 is 12.1 Å². The predicted molar refractivity (Wildman–Crippen MR) is 133 cm³/mol. The molecular formula is C29H26FNO6. The van der Waals surface area contributed by atoms with Crippen molar-refractivity contribution in [1.29, 1.82) is 0 Å². The van der Waals surface area contributed by atoms with E-state index in [0.717, 1.165) is 23.2 Å². The van der Waals surface area contributed by atoms with Crippen molar-refractivity contribution in [3.8, 4) is 23.0 Å². The molecule has 3 aromatic rings. The maximum atomic E-state index is 15.0. The van der Waals surface area contributed by atoms with Crippen molar-refractivity contribution in [2.75, 3.05) is 18.1 Å². The van der Waals surface area contributed by atoms with E-state index in [0.29, 0.717) is 61.0 Å². The van der Waals surface area contributed by atoms with E-state index in [4.69, 9.17) is 19.3 Å². The van der Waals surface area contributed by atoms with Gasteiger partial charge in [-0.1, -0.05) is 12.1 Å². The molecule has 190 valence electrons. The number of fused-ring (bicyclic) bond motifs is 2. The molecule has 1 amide bonds. The van der Waals surface area contributed by atoms with Gasteiger partial charge < -0.3 is 24.2 Å². The van der Waals surface area contributed by atoms with Gasteiger partial charge in [0.25, 0.3) is 0 Å². The highest BCUT2D eigenvalue weighted by molar-refractivity contribution is 5.95. The highest BCUT2D eigenvalue weighted by atomic mass is 19.1. The van der Waals surface area contributed by atoms with Gasteiger partial charge in [0, 0.05) is 53.4 Å². The van der Waals surface area contributed by atoms with E-state index in [-0.39, 0.29) is 24.1 Å². The first-order valence-electron chi connectivity index (χ1n) is 12.5. The van der Waals surface area contributed by atoms with Crippen LogP contribution in [-0.4, -0.2) is 30.1 Å². The summed E-state index contributed by atoms with van der Waals surface area (Å²) in [4.78, 5) is 25.0. The Morgan fingerprint density at radius 3 is 2.81 bits per heavy atom. The zero-order chi connectivity index (χ0) is 25.5. The molecule has 0 saturated carbocycles. The number of ether oxygens (including phenoxy) is 3. The molecule has 0 radical (unpaired) electrons. The molecular weight excluding hydrogens is 477 g/mol. The summed E-state index contributed by atoms with van der Waals surface area (Å²) in [5, 5.41) is 9.11. The number of carboxylic acids is 1. The molecule has 0 bridgehead atoms. The Bertz CT molecular complexity index is 1390. The highest BCUT2D eigenvalue weighted by Gasteiger charge is 2.32. The van der Waals surface area contributed by atoms with Gasteiger partial charge in [0.15, 0.2) is 0 Å². The molecule has 37 heavy (non-hydrogen) atoms. The van der Waals surface area contributed by atoms with Crippen LogP contribution in [0, 0.1) is 5.82 Å². The molecule has 1 N–H and O–H groups in total. The first-order valence-corrected chi connectivity index (χ1v) is 12.5. The maximum absolute atomic E-state index is 15.0. The molecule has 0 aromatic heterocycles. The number of hydrogen-bond donors (Lipinski definition) is 1. The minimum absolute atomic E-state index is 0.00837. The lowest BCUT2D eigenvalue weighted by molar-refractivity contribution is -0.137. The normalized spacial score (nSPS) is 19.9. The Balaban J connectivity index is 1.22. The lowest BCUT2D eigenvalue weighted by Crippen LogP contribution is -2.23. The monoisotopic (exact) mass is 503 g/mol. The third kappa shape index (κ3) is 4.48. The Morgan fingerprint density at radius 2 is 2.00 bits per heavy atom. The number of carbonyl (C=O) groups excluding carboxylic acids is 1. The van der Waals surface area contributed by atoms with Gasteiger partial charge in [0.05, 0.1) is 13.0 Å². The van der Waals surface area contributed by atoms with Crippen LogP contribution in [0.2, 0.25) is 0 Å². The fourth-order valence-electron chi connectivity index (χ4n) is 5.49. The van der Waals surface area contributed by atoms with Crippen molar-refractivity contribution in [2.24, 2.45) is 0 Å². The van der Waals surface area contributed by atoms with Crippen molar-refractivity contribution >= 4 is 17.6 Å². The summed E-state index contributed by atoms with van der Waals surface area (Å²) in [5.74, 6) is 1.01. The van der Waals surface area contributed by atoms with E-state index in [9.17, 15) is 9.59 Å². The number of benzene rings is 3. The zero-order valence-electron chi connectivity index (χ0n) is 20.1. The summed E-state index contributed by atoms with van der Waals surface area (Å²) < 4.78 is 33.1. The van der Waals surface area contributed by atoms with E-state index in [1.54, 1.807) is 23.1 Å². The topological polar surface area (TPSA) is 85.3 Å². The molecule has 1 aliphatic carbocycles. The van der Waals surface area contributed by atoms with Gasteiger partial charge in [0.1, 0.15) is 34.9 Å². The zero-order valence-corrected chi connectivity index (χ0v) is 20.1. The van der Waals surface area contributed by atoms with Gasteiger partial charge in [-0.05, 0) is 49.6 Å². The lowest BCUT2D eigenvalue weighted by atomic mass is 9.98. The quantitative estimate of drug-likeness (QED) is 0.441. The number of carboxylic acid groups (broad SMARTS) is 1. The van der Waals surface area contributed by atoms with E-state index >= 15 is 4.39 Å². The molecule has 2 heterocycles. The summed E-state index contributed by atoms with van der Waals surface area (Å²) in [6.45, 7) is 1.01. The first-order chi connectivity index (χ1) is 18.0. The van der Waals surface area contributed by atoms with Gasteiger partial charge in [-0.2, -0.15) is 0 Å². The van der Waals surface area contributed by atoms with Crippen LogP contribution >= 0.6 is 0 Å². The Labute approximate surface area is 213 Å². The predicted octanol–water partition coefficient (Wildman–Crippen LogP) is 5.76. The van der Waals surface area contributed by atoms with Gasteiger partial charge in [-0.25, -0.2) is 4.39 Å². The third-order valence-corrected chi connectivity index (χ3v) is 7.23. The molecule has 0 unspecified atom stereocenters. The Morgan fingerprint density at radius 1 is 1.11 bits per heavy atom. The van der Waals surface area contributed by atoms with Crippen LogP contribution in [0.15, 0.2) is 54.6 Å². The summed E-state index contributed by atoms with van der Waals surface area (Å²) in [6.07, 6.45) is 2.11. The fraction of sp³-hybridized carbons (Fsp3) is 0.310. The van der Waals surface area contributed by atoms with Crippen molar-refractivity contribution in [2.45, 2.75) is 44.1 Å². The largest absolute Gasteiger partial charge is 0.492 e. The summed E-state index contributed by atoms with van der Waals surface area (Å²) in [7, 11) is 0. The molecule has 3 aliphatic rings. The van der Waals surface area contributed by atoms with E-state index in [1.807, 2.05) is 30.3 Å². The van der Waals surface area contributed by atoms with Gasteiger partial charge in [-0.15, -0.1) is 0 Å². The van der Waals surface area contributed by atoms with E-state index in [2.05, 4.69) is 0 Å². The molecule has 2 aliphatic heterocycles. The second-order valence-corrected chi connectivity index (χ2v) is 9.64. The number of hydrogen-bond acceptors (Lipinski definition) is 5. The molecule has 6 rings (SSSR count). The number of amides is 1. The molecule has 8 heteroatoms. The van der Waals surface area contributed by atoms with Crippen molar-refractivity contribution in [1.82, 2.24) is 0 Å². The number of halogens is 1. The molecule has 2 atom stereocenters. The van der Waals surface area contributed by atoms with Crippen molar-refractivity contribution < 1.29 is 33.3 Å². The molecule has 1 fully saturated rings. The van der Waals surface area contributed by atoms with Crippen LogP contribution in [0.3, 0.4) is 0 Å². The minimum Gasteiger partial charge on any atom is -0.492 e. The van der Waals surface area contributed by atoms with Crippen LogP contribution in [0.1, 0.15) is 54.4 Å². The average Bonchev–Trinajstić information content (AvgIpc) is 3.60. The van der Waals surface area contributed by atoms with Crippen molar-refractivity contribution in [3.63, 3.8) is 0 Å². The Hall–Kier alpha value is -4.07. The molecule has 1 saturated heterocycles. The van der Waals surface area contributed by atoms with Crippen molar-refractivity contribution in [3.05, 3.63) is 77.1 Å². The Kier molecular flexibility index (Phi) is 5.94. The summed E-state index contributed by atoms with van der Waals surface area (Å²) in [5.41, 5.74) is 2.89. The van der Waals surface area contributed by atoms with Crippen LogP contribution in [0.25, 0.3) is 0 Å². The molecule has 0 spiro atoms. The number of anilines is 1. The second-order valence-electron chi connectivity index (χ2n) is 9.64. The van der Waals surface area contributed by atoms with E-state index in [1.165, 1.54) is 6.07 Å². The smallest absolute Gasteiger partial charge is 0.304 e. The van der Waals surface area contributed by atoms with Crippen LogP contribution in [0.4, 0.5) is 10.1 Å². The van der Waals surface area contributed by atoms with Crippen LogP contribution in [-0.2, 0) is 16.0 Å². The van der Waals surface area contributed by atoms with Gasteiger partial charge >= 0.3 is 5.97 Å². The summed E-state index contributed by atoms with van der Waals surface area (Å²) in [6, 6.07) is 15.8. The lowest BCUT2D eigenvalue weighted by Gasteiger charge is -2.18. The van der Waals surface area contributed by atoms with Gasteiger partial charge in [0.2, 0.25) is 5.91 Å². The SMILES string of the molecule is O=C(O)C[C@@H]1COc2cc(O[C@@H]3CCc4c(Oc5cccc(N6CCCC6=O)c5)ccc(F)c43)ccc21. The van der Waals surface area contributed by atoms with Crippen LogP contribution in [0.5, 0.6) is 23.0 Å². The number of aliphatic carboxylic acids is 1. The maximum Gasteiger partial charge on any atom is 0.304 e. The minimum atomic E-state index is -0.867. The number of nitrogens with zero attached hydrogens (tertiary/aromatic N) is 1. The molecule has 7 nitrogen and oxygen atoms in total. The fourth-order valence-corrected chi connectivity index (χ4v) is 5.49. The number of rotatable bonds is 7. The standard InChI is InChI=1S/C29H26FNO6/c30-23-9-11-24(36-19-4-1-3-18(14-19)31-12-2-5-27(31)32)22-8-10-25(29(22)23)37-20-6-7-21-17(13-28(33)34)16-35-26(21)15-20/h1,3-4,6-7,9,11,14-15,17,25H,2,5,8,10,12-13,16H2,(H,33,34)/t17-,25-/m1/s1. The van der Waals surface area contributed by atoms with Crippen LogP contribution < -0.4 is 19.1 Å². The first kappa shape index (κ1) is 23.3.